The van der Waals surface area contributed by atoms with E-state index in [1.807, 2.05) is 0 Å². The Morgan fingerprint density at radius 1 is 1.30 bits per heavy atom. The van der Waals surface area contributed by atoms with Crippen molar-refractivity contribution in [2.45, 2.75) is 39.5 Å². The number of thiophene rings is 1. The summed E-state index contributed by atoms with van der Waals surface area (Å²) in [7, 11) is 0. The third-order valence-corrected chi connectivity index (χ3v) is 5.30. The number of hydrogen-bond acceptors (Lipinski definition) is 4. The highest BCUT2D eigenvalue weighted by Gasteiger charge is 2.18. The smallest absolute Gasteiger partial charge is 0.225 e. The summed E-state index contributed by atoms with van der Waals surface area (Å²) in [5.74, 6) is 2.55. The van der Waals surface area contributed by atoms with Crippen LogP contribution in [-0.4, -0.2) is 16.5 Å². The van der Waals surface area contributed by atoms with Crippen LogP contribution < -0.4 is 5.32 Å². The predicted octanol–water partition coefficient (Wildman–Crippen LogP) is 4.89. The van der Waals surface area contributed by atoms with Crippen molar-refractivity contribution in [3.05, 3.63) is 16.2 Å². The van der Waals surface area contributed by atoms with E-state index in [2.05, 4.69) is 35.2 Å². The third-order valence-electron chi connectivity index (χ3n) is 4.18. The minimum absolute atomic E-state index is 0.333. The molecule has 1 saturated carbocycles. The first-order valence-electron chi connectivity index (χ1n) is 7.29. The first kappa shape index (κ1) is 14.1. The van der Waals surface area contributed by atoms with Gasteiger partial charge < -0.3 is 5.32 Å². The average Bonchev–Trinajstić information content (AvgIpc) is 2.78. The molecule has 3 rings (SSSR count). The zero-order valence-electron chi connectivity index (χ0n) is 11.9. The van der Waals surface area contributed by atoms with Gasteiger partial charge in [0.05, 0.1) is 5.39 Å². The van der Waals surface area contributed by atoms with E-state index in [0.29, 0.717) is 5.28 Å². The van der Waals surface area contributed by atoms with Crippen molar-refractivity contribution in [1.29, 1.82) is 0 Å². The molecule has 1 fully saturated rings. The van der Waals surface area contributed by atoms with Crippen LogP contribution in [0.5, 0.6) is 0 Å². The molecular weight excluding hydrogens is 290 g/mol. The van der Waals surface area contributed by atoms with Crippen LogP contribution in [0.25, 0.3) is 10.2 Å². The molecule has 3 nitrogen and oxygen atoms in total. The summed E-state index contributed by atoms with van der Waals surface area (Å²) in [6.45, 7) is 5.43. The lowest BCUT2D eigenvalue weighted by molar-refractivity contribution is 0.300. The summed E-state index contributed by atoms with van der Waals surface area (Å²) in [4.78, 5) is 10.9. The second-order valence-corrected chi connectivity index (χ2v) is 7.50. The zero-order valence-corrected chi connectivity index (χ0v) is 13.5. The Morgan fingerprint density at radius 2 is 2.05 bits per heavy atom. The van der Waals surface area contributed by atoms with Crippen LogP contribution in [-0.2, 0) is 0 Å². The number of hydrogen-bond donors (Lipinski definition) is 1. The van der Waals surface area contributed by atoms with Gasteiger partial charge in [0.25, 0.3) is 0 Å². The highest BCUT2D eigenvalue weighted by Crippen LogP contribution is 2.31. The second-order valence-electron chi connectivity index (χ2n) is 5.92. The minimum Gasteiger partial charge on any atom is -0.369 e. The molecule has 20 heavy (non-hydrogen) atoms. The minimum atomic E-state index is 0.333. The van der Waals surface area contributed by atoms with Gasteiger partial charge in [-0.2, -0.15) is 0 Å². The Hall–Kier alpha value is -0.870. The van der Waals surface area contributed by atoms with Gasteiger partial charge in [0.15, 0.2) is 0 Å². The fraction of sp³-hybridized carbons (Fsp3) is 0.600. The topological polar surface area (TPSA) is 37.8 Å². The number of nitrogens with zero attached hydrogens (tertiary/aromatic N) is 2. The van der Waals surface area contributed by atoms with E-state index in [1.165, 1.54) is 30.6 Å². The van der Waals surface area contributed by atoms with Crippen LogP contribution in [0.4, 0.5) is 5.82 Å². The van der Waals surface area contributed by atoms with Gasteiger partial charge in [-0.05, 0) is 49.3 Å². The van der Waals surface area contributed by atoms with Crippen molar-refractivity contribution in [2.75, 3.05) is 11.9 Å². The van der Waals surface area contributed by atoms with Crippen molar-refractivity contribution in [1.82, 2.24) is 9.97 Å². The monoisotopic (exact) mass is 309 g/mol. The summed E-state index contributed by atoms with van der Waals surface area (Å²) >= 11 is 7.68. The van der Waals surface area contributed by atoms with Gasteiger partial charge in [0, 0.05) is 11.4 Å². The van der Waals surface area contributed by atoms with Crippen LogP contribution in [0.3, 0.4) is 0 Å². The summed E-state index contributed by atoms with van der Waals surface area (Å²) < 4.78 is 0. The molecule has 0 amide bonds. The molecule has 1 N–H and O–H groups in total. The molecule has 0 unspecified atom stereocenters. The molecular formula is C15H20ClN3S. The lowest BCUT2D eigenvalue weighted by Gasteiger charge is -2.26. The van der Waals surface area contributed by atoms with E-state index >= 15 is 0 Å². The van der Waals surface area contributed by atoms with E-state index in [1.54, 1.807) is 11.3 Å². The Bertz CT molecular complexity index is 602. The lowest BCUT2D eigenvalue weighted by Crippen LogP contribution is -2.20. The van der Waals surface area contributed by atoms with Crippen molar-refractivity contribution in [2.24, 2.45) is 11.8 Å². The predicted molar refractivity (Wildman–Crippen MR) is 86.8 cm³/mol. The summed E-state index contributed by atoms with van der Waals surface area (Å²) in [5, 5.41) is 4.93. The number of halogens is 1. The van der Waals surface area contributed by atoms with E-state index < -0.39 is 0 Å². The number of nitrogens with one attached hydrogen (secondary N) is 1. The molecule has 5 heteroatoms. The molecule has 0 radical (unpaired) electrons. The first-order chi connectivity index (χ1) is 9.61. The van der Waals surface area contributed by atoms with E-state index in [4.69, 9.17) is 11.6 Å². The Kier molecular flexibility index (Phi) is 4.13. The summed E-state index contributed by atoms with van der Waals surface area (Å²) in [6.07, 6.45) is 5.34. The molecule has 1 aliphatic carbocycles. The molecule has 2 heterocycles. The Balaban J connectivity index is 1.73. The standard InChI is InChI=1S/C15H20ClN3S/c1-9-3-5-11(6-4-9)8-17-13-12-7-10(2)20-14(12)19-15(16)18-13/h7,9,11H,3-6,8H2,1-2H3,(H,17,18,19). The number of anilines is 1. The molecule has 0 spiro atoms. The van der Waals surface area contributed by atoms with Crippen molar-refractivity contribution in [3.8, 4) is 0 Å². The summed E-state index contributed by atoms with van der Waals surface area (Å²) in [5.41, 5.74) is 0. The fourth-order valence-electron chi connectivity index (χ4n) is 2.92. The van der Waals surface area contributed by atoms with Gasteiger partial charge >= 0.3 is 0 Å². The lowest BCUT2D eigenvalue weighted by atomic mass is 9.83. The van der Waals surface area contributed by atoms with Crippen LogP contribution in [0, 0.1) is 18.8 Å². The van der Waals surface area contributed by atoms with Crippen LogP contribution >= 0.6 is 22.9 Å². The first-order valence-corrected chi connectivity index (χ1v) is 8.49. The average molecular weight is 310 g/mol. The van der Waals surface area contributed by atoms with Gasteiger partial charge in [-0.15, -0.1) is 11.3 Å². The molecule has 2 aromatic rings. The molecule has 0 aromatic carbocycles. The molecule has 0 bridgehead atoms. The Morgan fingerprint density at radius 3 is 2.80 bits per heavy atom. The zero-order chi connectivity index (χ0) is 14.1. The van der Waals surface area contributed by atoms with Gasteiger partial charge in [-0.1, -0.05) is 19.8 Å². The van der Waals surface area contributed by atoms with E-state index in [-0.39, 0.29) is 0 Å². The molecule has 1 aliphatic rings. The highest BCUT2D eigenvalue weighted by atomic mass is 35.5. The molecule has 0 aliphatic heterocycles. The third kappa shape index (κ3) is 3.07. The quantitative estimate of drug-likeness (QED) is 0.820. The van der Waals surface area contributed by atoms with Crippen LogP contribution in [0.2, 0.25) is 5.28 Å². The van der Waals surface area contributed by atoms with E-state index in [9.17, 15) is 0 Å². The number of fused-ring (bicyclic) bond motifs is 1. The van der Waals surface area contributed by atoms with Gasteiger partial charge in [-0.25, -0.2) is 9.97 Å². The second kappa shape index (κ2) is 5.86. The van der Waals surface area contributed by atoms with Crippen molar-refractivity contribution >= 4 is 39.0 Å². The van der Waals surface area contributed by atoms with Gasteiger partial charge in [0.1, 0.15) is 10.6 Å². The molecule has 108 valence electrons. The normalized spacial score (nSPS) is 23.1. The fourth-order valence-corrected chi connectivity index (χ4v) is 4.02. The van der Waals surface area contributed by atoms with E-state index in [0.717, 1.165) is 34.4 Å². The molecule has 0 saturated heterocycles. The molecule has 2 aromatic heterocycles. The van der Waals surface area contributed by atoms with Crippen molar-refractivity contribution < 1.29 is 0 Å². The van der Waals surface area contributed by atoms with Crippen LogP contribution in [0.15, 0.2) is 6.07 Å². The van der Waals surface area contributed by atoms with Gasteiger partial charge in [-0.3, -0.25) is 0 Å². The largest absolute Gasteiger partial charge is 0.369 e. The van der Waals surface area contributed by atoms with Crippen LogP contribution in [0.1, 0.15) is 37.5 Å². The number of aryl methyl sites for hydroxylation is 1. The molecule has 0 atom stereocenters. The number of rotatable bonds is 3. The van der Waals surface area contributed by atoms with Gasteiger partial charge in [0.2, 0.25) is 5.28 Å². The SMILES string of the molecule is Cc1cc2c(NCC3CCC(C)CC3)nc(Cl)nc2s1. The maximum absolute atomic E-state index is 6.02. The highest BCUT2D eigenvalue weighted by molar-refractivity contribution is 7.18. The number of aromatic nitrogens is 2. The Labute approximate surface area is 128 Å². The maximum atomic E-state index is 6.02. The maximum Gasteiger partial charge on any atom is 0.225 e. The van der Waals surface area contributed by atoms with Crippen molar-refractivity contribution in [3.63, 3.8) is 0 Å². The summed E-state index contributed by atoms with van der Waals surface area (Å²) in [6, 6.07) is 2.14.